The summed E-state index contributed by atoms with van der Waals surface area (Å²) >= 11 is 12.0. The summed E-state index contributed by atoms with van der Waals surface area (Å²) in [5, 5.41) is 0.704. The second-order valence-electron chi connectivity index (χ2n) is 4.08. The zero-order valence-corrected chi connectivity index (χ0v) is 14.0. The van der Waals surface area contributed by atoms with E-state index in [4.69, 9.17) is 17.3 Å². The van der Waals surface area contributed by atoms with Crippen molar-refractivity contribution in [1.82, 2.24) is 0 Å². The van der Waals surface area contributed by atoms with Crippen LogP contribution in [0, 0.1) is 3.57 Å². The van der Waals surface area contributed by atoms with E-state index in [0.717, 1.165) is 16.5 Å². The molecule has 2 rings (SSSR count). The van der Waals surface area contributed by atoms with E-state index in [-0.39, 0.29) is 6.04 Å². The van der Waals surface area contributed by atoms with E-state index in [1.807, 2.05) is 18.2 Å². The minimum absolute atomic E-state index is 0.0879. The molecule has 0 fully saturated rings. The zero-order chi connectivity index (χ0) is 13.1. The smallest absolute Gasteiger partial charge is 0.0595 e. The molecule has 0 spiro atoms. The molecule has 1 unspecified atom stereocenters. The first-order valence-electron chi connectivity index (χ1n) is 5.52. The fraction of sp³-hybridized carbons (Fsp3) is 0.143. The Kier molecular flexibility index (Phi) is 5.06. The van der Waals surface area contributed by atoms with Crippen LogP contribution in [-0.2, 0) is 6.42 Å². The maximum atomic E-state index is 6.25. The Hall–Kier alpha value is -0.100. The summed E-state index contributed by atoms with van der Waals surface area (Å²) < 4.78 is 2.12. The molecule has 0 saturated carbocycles. The number of hydrogen-bond acceptors (Lipinski definition) is 1. The maximum absolute atomic E-state index is 6.25. The van der Waals surface area contributed by atoms with E-state index in [2.05, 4.69) is 62.8 Å². The summed E-state index contributed by atoms with van der Waals surface area (Å²) in [6, 6.07) is 14.2. The average molecular weight is 437 g/mol. The van der Waals surface area contributed by atoms with Gasteiger partial charge in [0.05, 0.1) is 5.02 Å². The summed E-state index contributed by atoms with van der Waals surface area (Å²) in [6.07, 6.45) is 0.785. The van der Waals surface area contributed by atoms with Crippen molar-refractivity contribution in [3.63, 3.8) is 0 Å². The minimum atomic E-state index is -0.0879. The largest absolute Gasteiger partial charge is 0.324 e. The van der Waals surface area contributed by atoms with Gasteiger partial charge in [-0.15, -0.1) is 0 Å². The van der Waals surface area contributed by atoms with Crippen LogP contribution in [0.2, 0.25) is 5.02 Å². The van der Waals surface area contributed by atoms with E-state index < -0.39 is 0 Å². The van der Waals surface area contributed by atoms with Gasteiger partial charge in [-0.1, -0.05) is 35.9 Å². The number of nitrogens with two attached hydrogens (primary N) is 1. The van der Waals surface area contributed by atoms with Crippen molar-refractivity contribution >= 4 is 50.1 Å². The maximum Gasteiger partial charge on any atom is 0.0595 e. The van der Waals surface area contributed by atoms with Crippen molar-refractivity contribution < 1.29 is 0 Å². The lowest BCUT2D eigenvalue weighted by Gasteiger charge is -2.14. The van der Waals surface area contributed by atoms with Crippen molar-refractivity contribution in [2.24, 2.45) is 5.73 Å². The monoisotopic (exact) mass is 435 g/mol. The first-order chi connectivity index (χ1) is 8.58. The Bertz CT molecular complexity index is 542. The molecule has 0 saturated heterocycles. The quantitative estimate of drug-likeness (QED) is 0.677. The van der Waals surface area contributed by atoms with Crippen LogP contribution in [0.3, 0.4) is 0 Å². The molecule has 0 heterocycles. The highest BCUT2D eigenvalue weighted by Crippen LogP contribution is 2.30. The van der Waals surface area contributed by atoms with E-state index in [1.54, 1.807) is 0 Å². The normalized spacial score (nSPS) is 12.4. The van der Waals surface area contributed by atoms with Gasteiger partial charge < -0.3 is 5.73 Å². The molecule has 1 nitrogen and oxygen atoms in total. The summed E-state index contributed by atoms with van der Waals surface area (Å²) in [4.78, 5) is 0. The number of benzene rings is 2. The molecule has 4 heteroatoms. The van der Waals surface area contributed by atoms with Gasteiger partial charge in [-0.3, -0.25) is 0 Å². The molecule has 0 aliphatic carbocycles. The standard InChI is InChI=1S/C14H12BrClIN/c15-12-3-1-2-11(14(12)16)13(18)8-9-4-6-10(17)7-5-9/h1-7,13H,8,18H2. The molecule has 0 radical (unpaired) electrons. The topological polar surface area (TPSA) is 26.0 Å². The van der Waals surface area contributed by atoms with E-state index in [9.17, 15) is 0 Å². The van der Waals surface area contributed by atoms with Crippen LogP contribution < -0.4 is 5.73 Å². The van der Waals surface area contributed by atoms with Crippen LogP contribution in [0.15, 0.2) is 46.9 Å². The van der Waals surface area contributed by atoms with Crippen LogP contribution >= 0.6 is 50.1 Å². The number of rotatable bonds is 3. The first kappa shape index (κ1) is 14.3. The Morgan fingerprint density at radius 2 is 1.83 bits per heavy atom. The Balaban J connectivity index is 2.19. The van der Waals surface area contributed by atoms with Gasteiger partial charge in [-0.2, -0.15) is 0 Å². The molecule has 2 N–H and O–H groups in total. The van der Waals surface area contributed by atoms with Crippen molar-refractivity contribution in [3.05, 3.63) is 66.7 Å². The van der Waals surface area contributed by atoms with Crippen LogP contribution in [0.1, 0.15) is 17.2 Å². The minimum Gasteiger partial charge on any atom is -0.324 e. The molecule has 0 aliphatic heterocycles. The SMILES string of the molecule is NC(Cc1ccc(I)cc1)c1cccc(Br)c1Cl. The van der Waals surface area contributed by atoms with E-state index in [1.165, 1.54) is 9.13 Å². The van der Waals surface area contributed by atoms with Crippen molar-refractivity contribution in [2.45, 2.75) is 12.5 Å². The van der Waals surface area contributed by atoms with Crippen LogP contribution in [0.25, 0.3) is 0 Å². The molecule has 94 valence electrons. The number of halogens is 3. The third-order valence-electron chi connectivity index (χ3n) is 2.75. The van der Waals surface area contributed by atoms with Crippen molar-refractivity contribution in [1.29, 1.82) is 0 Å². The molecular formula is C14H12BrClIN. The summed E-state index contributed by atoms with van der Waals surface area (Å²) in [5.74, 6) is 0. The Labute approximate surface area is 134 Å². The third-order valence-corrected chi connectivity index (χ3v) is 4.78. The van der Waals surface area contributed by atoms with Crippen molar-refractivity contribution in [2.75, 3.05) is 0 Å². The molecule has 1 atom stereocenters. The van der Waals surface area contributed by atoms with Crippen molar-refractivity contribution in [3.8, 4) is 0 Å². The molecule has 0 amide bonds. The fourth-order valence-corrected chi connectivity index (χ4v) is 2.80. The molecule has 18 heavy (non-hydrogen) atoms. The number of hydrogen-bond donors (Lipinski definition) is 1. The second-order valence-corrected chi connectivity index (χ2v) is 6.56. The van der Waals surface area contributed by atoms with Gasteiger partial charge in [0.25, 0.3) is 0 Å². The molecule has 0 aromatic heterocycles. The molecule has 2 aromatic carbocycles. The summed E-state index contributed by atoms with van der Waals surface area (Å²) in [7, 11) is 0. The molecule has 0 aliphatic rings. The lowest BCUT2D eigenvalue weighted by atomic mass is 10.00. The van der Waals surface area contributed by atoms with Gasteiger partial charge in [0.15, 0.2) is 0 Å². The summed E-state index contributed by atoms with van der Waals surface area (Å²) in [6.45, 7) is 0. The highest BCUT2D eigenvalue weighted by molar-refractivity contribution is 14.1. The van der Waals surface area contributed by atoms with Crippen LogP contribution in [0.4, 0.5) is 0 Å². The first-order valence-corrected chi connectivity index (χ1v) is 7.77. The Morgan fingerprint density at radius 3 is 2.50 bits per heavy atom. The predicted octanol–water partition coefficient (Wildman–Crippen LogP) is 4.95. The Morgan fingerprint density at radius 1 is 1.17 bits per heavy atom. The van der Waals surface area contributed by atoms with E-state index in [0.29, 0.717) is 5.02 Å². The van der Waals surface area contributed by atoms with Gasteiger partial charge >= 0.3 is 0 Å². The lowest BCUT2D eigenvalue weighted by Crippen LogP contribution is -2.14. The highest BCUT2D eigenvalue weighted by Gasteiger charge is 2.12. The van der Waals surface area contributed by atoms with Gasteiger partial charge in [-0.05, 0) is 74.3 Å². The molecular weight excluding hydrogens is 424 g/mol. The fourth-order valence-electron chi connectivity index (χ4n) is 1.79. The third kappa shape index (κ3) is 3.47. The van der Waals surface area contributed by atoms with Gasteiger partial charge in [-0.25, -0.2) is 0 Å². The predicted molar refractivity (Wildman–Crippen MR) is 88.9 cm³/mol. The van der Waals surface area contributed by atoms with Gasteiger partial charge in [0, 0.05) is 14.1 Å². The zero-order valence-electron chi connectivity index (χ0n) is 9.54. The van der Waals surface area contributed by atoms with E-state index >= 15 is 0 Å². The van der Waals surface area contributed by atoms with Crippen LogP contribution in [-0.4, -0.2) is 0 Å². The second kappa shape index (κ2) is 6.37. The highest BCUT2D eigenvalue weighted by atomic mass is 127. The van der Waals surface area contributed by atoms with Gasteiger partial charge in [0.1, 0.15) is 0 Å². The average Bonchev–Trinajstić information content (AvgIpc) is 2.35. The van der Waals surface area contributed by atoms with Crippen LogP contribution in [0.5, 0.6) is 0 Å². The molecule has 0 bridgehead atoms. The lowest BCUT2D eigenvalue weighted by molar-refractivity contribution is 0.721. The summed E-state index contributed by atoms with van der Waals surface area (Å²) in [5.41, 5.74) is 8.43. The molecule has 2 aromatic rings. The van der Waals surface area contributed by atoms with Gasteiger partial charge in [0.2, 0.25) is 0 Å².